The fourth-order valence-electron chi connectivity index (χ4n) is 4.50. The third-order valence-corrected chi connectivity index (χ3v) is 6.22. The van der Waals surface area contributed by atoms with E-state index in [0.717, 1.165) is 38.5 Å². The molecule has 0 saturated carbocycles. The molecule has 5 heteroatoms. The van der Waals surface area contributed by atoms with Crippen LogP contribution in [0.25, 0.3) is 21.5 Å². The minimum Gasteiger partial charge on any atom is -0.497 e. The highest BCUT2D eigenvalue weighted by Gasteiger charge is 2.20. The maximum atomic E-state index is 13.7. The summed E-state index contributed by atoms with van der Waals surface area (Å²) in [6.07, 6.45) is 0. The molecule has 0 aliphatic carbocycles. The van der Waals surface area contributed by atoms with E-state index in [9.17, 15) is 4.79 Å². The molecule has 0 aliphatic rings. The van der Waals surface area contributed by atoms with Gasteiger partial charge in [0, 0.05) is 17.4 Å². The fourth-order valence-corrected chi connectivity index (χ4v) is 4.50. The summed E-state index contributed by atoms with van der Waals surface area (Å²) in [6.45, 7) is 2.93. The average molecular weight is 477 g/mol. The van der Waals surface area contributed by atoms with Crippen LogP contribution in [-0.2, 0) is 6.54 Å². The van der Waals surface area contributed by atoms with Crippen molar-refractivity contribution in [1.29, 1.82) is 0 Å². The second kappa shape index (κ2) is 10.4. The first-order valence-corrected chi connectivity index (χ1v) is 12.0. The van der Waals surface area contributed by atoms with Crippen LogP contribution in [0.1, 0.15) is 12.5 Å². The van der Waals surface area contributed by atoms with Crippen molar-refractivity contribution >= 4 is 39.0 Å². The normalized spacial score (nSPS) is 10.8. The first-order chi connectivity index (χ1) is 17.7. The average Bonchev–Trinajstić information content (AvgIpc) is 2.92. The van der Waals surface area contributed by atoms with Crippen LogP contribution in [0, 0.1) is 0 Å². The summed E-state index contributed by atoms with van der Waals surface area (Å²) in [4.78, 5) is 15.5. The van der Waals surface area contributed by atoms with Gasteiger partial charge in [0.15, 0.2) is 0 Å². The van der Waals surface area contributed by atoms with Crippen LogP contribution in [0.4, 0.5) is 16.2 Å². The van der Waals surface area contributed by atoms with E-state index in [1.807, 2.05) is 79.7 Å². The van der Waals surface area contributed by atoms with Crippen LogP contribution in [-0.4, -0.2) is 19.7 Å². The number of fused-ring (bicyclic) bond motifs is 2. The highest BCUT2D eigenvalue weighted by Crippen LogP contribution is 2.32. The van der Waals surface area contributed by atoms with E-state index in [-0.39, 0.29) is 6.03 Å². The molecule has 0 saturated heterocycles. The second-order valence-electron chi connectivity index (χ2n) is 8.47. The zero-order valence-electron chi connectivity index (χ0n) is 20.4. The number of anilines is 2. The van der Waals surface area contributed by atoms with Crippen molar-refractivity contribution in [3.63, 3.8) is 0 Å². The summed E-state index contributed by atoms with van der Waals surface area (Å²) in [5.41, 5.74) is 2.53. The maximum Gasteiger partial charge on any atom is 0.326 e. The van der Waals surface area contributed by atoms with Gasteiger partial charge >= 0.3 is 6.03 Å². The Balaban J connectivity index is 1.59. The van der Waals surface area contributed by atoms with E-state index in [1.165, 1.54) is 0 Å². The molecule has 0 fully saturated rings. The van der Waals surface area contributed by atoms with E-state index < -0.39 is 0 Å². The largest absolute Gasteiger partial charge is 0.497 e. The van der Waals surface area contributed by atoms with Gasteiger partial charge in [-0.25, -0.2) is 4.79 Å². The van der Waals surface area contributed by atoms with Gasteiger partial charge < -0.3 is 14.8 Å². The molecule has 0 unspecified atom stereocenters. The summed E-state index contributed by atoms with van der Waals surface area (Å²) in [5.74, 6) is 1.45. The predicted molar refractivity (Wildman–Crippen MR) is 147 cm³/mol. The number of urea groups is 1. The lowest BCUT2D eigenvalue weighted by atomic mass is 9.96. The van der Waals surface area contributed by atoms with Gasteiger partial charge in [-0.15, -0.1) is 0 Å². The number of hydrogen-bond acceptors (Lipinski definition) is 3. The van der Waals surface area contributed by atoms with E-state index in [0.29, 0.717) is 24.6 Å². The number of hydrogen-bond donors (Lipinski definition) is 1. The number of rotatable bonds is 7. The van der Waals surface area contributed by atoms with Gasteiger partial charge in [-0.1, -0.05) is 54.6 Å². The monoisotopic (exact) mass is 476 g/mol. The van der Waals surface area contributed by atoms with Gasteiger partial charge in [0.25, 0.3) is 0 Å². The Morgan fingerprint density at radius 2 is 1.44 bits per heavy atom. The van der Waals surface area contributed by atoms with Crippen molar-refractivity contribution in [3.8, 4) is 11.5 Å². The molecular formula is C31H28N2O3. The molecule has 5 nitrogen and oxygen atoms in total. The molecule has 180 valence electrons. The first kappa shape index (κ1) is 23.2. The fraction of sp³-hybridized carbons (Fsp3) is 0.129. The predicted octanol–water partition coefficient (Wildman–Crippen LogP) is 7.64. The lowest BCUT2D eigenvalue weighted by molar-refractivity contribution is 0.256. The Morgan fingerprint density at radius 3 is 2.08 bits per heavy atom. The third kappa shape index (κ3) is 4.82. The van der Waals surface area contributed by atoms with E-state index in [4.69, 9.17) is 9.47 Å². The van der Waals surface area contributed by atoms with Crippen molar-refractivity contribution in [1.82, 2.24) is 0 Å². The lowest BCUT2D eigenvalue weighted by Crippen LogP contribution is -2.34. The molecule has 0 spiro atoms. The Labute approximate surface area is 210 Å². The first-order valence-electron chi connectivity index (χ1n) is 12.0. The van der Waals surface area contributed by atoms with Crippen molar-refractivity contribution < 1.29 is 14.3 Å². The van der Waals surface area contributed by atoms with E-state index >= 15 is 0 Å². The minimum absolute atomic E-state index is 0.232. The molecule has 36 heavy (non-hydrogen) atoms. The lowest BCUT2D eigenvalue weighted by Gasteiger charge is -2.25. The van der Waals surface area contributed by atoms with Crippen molar-refractivity contribution in [2.24, 2.45) is 0 Å². The van der Waals surface area contributed by atoms with Gasteiger partial charge in [-0.3, -0.25) is 4.90 Å². The number of carbonyl (C=O) groups excluding carboxylic acids is 1. The van der Waals surface area contributed by atoms with Crippen molar-refractivity contribution in [3.05, 3.63) is 109 Å². The zero-order chi connectivity index (χ0) is 24.9. The number of amides is 2. The molecule has 0 heterocycles. The molecule has 5 aromatic carbocycles. The van der Waals surface area contributed by atoms with Crippen LogP contribution in [0.5, 0.6) is 11.5 Å². The van der Waals surface area contributed by atoms with Crippen molar-refractivity contribution in [2.45, 2.75) is 13.5 Å². The third-order valence-electron chi connectivity index (χ3n) is 6.22. The maximum absolute atomic E-state index is 13.7. The van der Waals surface area contributed by atoms with Crippen molar-refractivity contribution in [2.75, 3.05) is 23.9 Å². The second-order valence-corrected chi connectivity index (χ2v) is 8.47. The number of nitrogens with one attached hydrogen (secondary N) is 1. The number of benzene rings is 5. The van der Waals surface area contributed by atoms with Crippen LogP contribution in [0.15, 0.2) is 103 Å². The molecule has 0 bridgehead atoms. The van der Waals surface area contributed by atoms with E-state index in [2.05, 4.69) is 35.6 Å². The van der Waals surface area contributed by atoms with Gasteiger partial charge in [-0.05, 0) is 76.5 Å². The smallest absolute Gasteiger partial charge is 0.326 e. The van der Waals surface area contributed by atoms with Gasteiger partial charge in [0.05, 0.1) is 20.3 Å². The van der Waals surface area contributed by atoms with Gasteiger partial charge in [-0.2, -0.15) is 0 Å². The summed E-state index contributed by atoms with van der Waals surface area (Å²) < 4.78 is 11.0. The molecule has 0 atom stereocenters. The highest BCUT2D eigenvalue weighted by molar-refractivity contribution is 6.05. The molecule has 1 N–H and O–H groups in total. The summed E-state index contributed by atoms with van der Waals surface area (Å²) in [6, 6.07) is 33.6. The Morgan fingerprint density at radius 1 is 0.778 bits per heavy atom. The van der Waals surface area contributed by atoms with Gasteiger partial charge in [0.1, 0.15) is 11.5 Å². The Kier molecular flexibility index (Phi) is 6.72. The molecule has 5 aromatic rings. The zero-order valence-corrected chi connectivity index (χ0v) is 20.4. The molecule has 0 radical (unpaired) electrons. The van der Waals surface area contributed by atoms with E-state index in [1.54, 1.807) is 12.0 Å². The standard InChI is InChI=1S/C31H28N2O3/c1-3-36-26-17-15-25(16-18-26)33(31(34)32-24-11-8-12-27(20-24)35-2)21-30-28-13-6-4-9-22(28)19-23-10-5-7-14-29(23)30/h4-20H,3,21H2,1-2H3,(H,32,34). The van der Waals surface area contributed by atoms with Crippen LogP contribution in [0.3, 0.4) is 0 Å². The molecule has 5 rings (SSSR count). The number of ether oxygens (including phenoxy) is 2. The SMILES string of the molecule is CCOc1ccc(N(Cc2c3ccccc3cc3ccccc23)C(=O)Nc2cccc(OC)c2)cc1. The highest BCUT2D eigenvalue weighted by atomic mass is 16.5. The number of methoxy groups -OCH3 is 1. The molecule has 2 amide bonds. The van der Waals surface area contributed by atoms with Crippen LogP contribution < -0.4 is 19.7 Å². The van der Waals surface area contributed by atoms with Crippen LogP contribution in [0.2, 0.25) is 0 Å². The van der Waals surface area contributed by atoms with Crippen LogP contribution >= 0.6 is 0 Å². The Hall–Kier alpha value is -4.51. The number of nitrogens with zero attached hydrogens (tertiary/aromatic N) is 1. The summed E-state index contributed by atoms with van der Waals surface area (Å²) in [7, 11) is 1.61. The van der Waals surface area contributed by atoms with Gasteiger partial charge in [0.2, 0.25) is 0 Å². The molecular weight excluding hydrogens is 448 g/mol. The molecule has 0 aliphatic heterocycles. The summed E-state index contributed by atoms with van der Waals surface area (Å²) >= 11 is 0. The number of carbonyl (C=O) groups is 1. The molecule has 0 aromatic heterocycles. The summed E-state index contributed by atoms with van der Waals surface area (Å²) in [5, 5.41) is 7.59. The Bertz CT molecular complexity index is 1460. The quantitative estimate of drug-likeness (QED) is 0.246. The topological polar surface area (TPSA) is 50.8 Å². The minimum atomic E-state index is -0.232.